The van der Waals surface area contributed by atoms with Crippen LogP contribution in [0.2, 0.25) is 0 Å². The molecule has 0 bridgehead atoms. The quantitative estimate of drug-likeness (QED) is 0.685. The van der Waals surface area contributed by atoms with Gasteiger partial charge in [-0.1, -0.05) is 26.3 Å². The van der Waals surface area contributed by atoms with Gasteiger partial charge < -0.3 is 15.3 Å². The minimum atomic E-state index is -1.55. The molecule has 4 rings (SSSR count). The predicted molar refractivity (Wildman–Crippen MR) is 99.7 cm³/mol. The lowest BCUT2D eigenvalue weighted by Crippen LogP contribution is -2.62. The van der Waals surface area contributed by atoms with Crippen LogP contribution in [0.5, 0.6) is 0 Å². The Balaban J connectivity index is 1.77. The van der Waals surface area contributed by atoms with Gasteiger partial charge in [-0.05, 0) is 67.3 Å². The van der Waals surface area contributed by atoms with Gasteiger partial charge in [0.2, 0.25) is 0 Å². The van der Waals surface area contributed by atoms with Crippen LogP contribution < -0.4 is 0 Å². The van der Waals surface area contributed by atoms with E-state index in [1.165, 1.54) is 5.57 Å². The normalized spacial score (nSPS) is 51.9. The number of carbonyl (C=O) groups is 2. The predicted octanol–water partition coefficient (Wildman–Crippen LogP) is 2.03. The number of fused-ring (bicyclic) bond motifs is 5. The number of rotatable bonds is 2. The Morgan fingerprint density at radius 1 is 1.30 bits per heavy atom. The number of hydrogen-bond donors (Lipinski definition) is 3. The molecule has 5 heteroatoms. The molecule has 5 nitrogen and oxygen atoms in total. The van der Waals surface area contributed by atoms with Gasteiger partial charge in [-0.3, -0.25) is 9.59 Å². The summed E-state index contributed by atoms with van der Waals surface area (Å²) in [6, 6.07) is 0. The van der Waals surface area contributed by atoms with Gasteiger partial charge in [0.25, 0.3) is 0 Å². The molecular formula is C22H32O5. The highest BCUT2D eigenvalue weighted by atomic mass is 16.3. The summed E-state index contributed by atoms with van der Waals surface area (Å²) in [5, 5.41) is 31.9. The molecule has 3 saturated carbocycles. The second-order valence-electron chi connectivity index (χ2n) is 10.1. The van der Waals surface area contributed by atoms with Crippen molar-refractivity contribution in [3.05, 3.63) is 11.6 Å². The van der Waals surface area contributed by atoms with Crippen molar-refractivity contribution in [2.45, 2.75) is 71.0 Å². The Labute approximate surface area is 160 Å². The SMILES string of the molecule is C[C@H]1C[C@@H]2[C@H]([C@@H](O)C[C@@]3(C)[C@H]2CC[C@@]3(O)C(=O)CO)[C@@]2(C)CCC(=O)C=C12. The smallest absolute Gasteiger partial charge is 0.190 e. The third-order valence-corrected chi connectivity index (χ3v) is 8.97. The number of aliphatic hydroxyl groups is 3. The van der Waals surface area contributed by atoms with Crippen molar-refractivity contribution >= 4 is 11.6 Å². The standard InChI is InChI=1S/C22H32O5/c1-12-8-14-15-5-7-22(27,18(26)11-23)21(15,3)10-17(25)19(14)20(2)6-4-13(24)9-16(12)20/h9,12,14-15,17,19,23,25,27H,4-8,10-11H2,1-3H3/t12-,14-,15-,17-,19+,20-,21-,22+/m0/s1. The van der Waals surface area contributed by atoms with Crippen molar-refractivity contribution in [2.24, 2.45) is 34.5 Å². The van der Waals surface area contributed by atoms with Gasteiger partial charge in [-0.15, -0.1) is 0 Å². The molecular weight excluding hydrogens is 344 g/mol. The average molecular weight is 376 g/mol. The molecule has 4 aliphatic carbocycles. The lowest BCUT2D eigenvalue weighted by atomic mass is 9.44. The molecule has 8 atom stereocenters. The number of carbonyl (C=O) groups excluding carboxylic acids is 2. The molecule has 27 heavy (non-hydrogen) atoms. The molecule has 3 fully saturated rings. The molecule has 150 valence electrons. The van der Waals surface area contributed by atoms with Gasteiger partial charge in [0.05, 0.1) is 6.10 Å². The molecule has 0 aromatic heterocycles. The second kappa shape index (κ2) is 5.98. The van der Waals surface area contributed by atoms with E-state index in [-0.39, 0.29) is 34.9 Å². The Morgan fingerprint density at radius 3 is 2.67 bits per heavy atom. The fourth-order valence-electron chi connectivity index (χ4n) is 7.71. The van der Waals surface area contributed by atoms with E-state index in [0.717, 1.165) is 19.3 Å². The van der Waals surface area contributed by atoms with Gasteiger partial charge in [0.1, 0.15) is 12.2 Å². The monoisotopic (exact) mass is 376 g/mol. The zero-order valence-corrected chi connectivity index (χ0v) is 16.6. The van der Waals surface area contributed by atoms with E-state index in [1.54, 1.807) is 0 Å². The first kappa shape index (κ1) is 19.3. The van der Waals surface area contributed by atoms with Crippen molar-refractivity contribution in [3.8, 4) is 0 Å². The number of aliphatic hydroxyl groups excluding tert-OH is 2. The van der Waals surface area contributed by atoms with Gasteiger partial charge in [0.15, 0.2) is 11.6 Å². The van der Waals surface area contributed by atoms with Crippen molar-refractivity contribution in [3.63, 3.8) is 0 Å². The lowest BCUT2D eigenvalue weighted by molar-refractivity contribution is -0.184. The van der Waals surface area contributed by atoms with Crippen LogP contribution in [-0.2, 0) is 9.59 Å². The van der Waals surface area contributed by atoms with E-state index < -0.39 is 29.5 Å². The Morgan fingerprint density at radius 2 is 2.00 bits per heavy atom. The molecule has 0 spiro atoms. The summed E-state index contributed by atoms with van der Waals surface area (Å²) >= 11 is 0. The maximum absolute atomic E-state index is 12.4. The number of hydrogen-bond acceptors (Lipinski definition) is 5. The third-order valence-electron chi connectivity index (χ3n) is 8.97. The Hall–Kier alpha value is -1.04. The summed E-state index contributed by atoms with van der Waals surface area (Å²) in [5.41, 5.74) is -1.28. The summed E-state index contributed by atoms with van der Waals surface area (Å²) in [6.07, 6.45) is 4.84. The van der Waals surface area contributed by atoms with Crippen LogP contribution in [0.15, 0.2) is 11.6 Å². The van der Waals surface area contributed by atoms with Crippen molar-refractivity contribution < 1.29 is 24.9 Å². The maximum Gasteiger partial charge on any atom is 0.190 e. The van der Waals surface area contributed by atoms with Crippen LogP contribution >= 0.6 is 0 Å². The maximum atomic E-state index is 12.4. The van der Waals surface area contributed by atoms with Crippen molar-refractivity contribution in [2.75, 3.05) is 6.61 Å². The first-order valence-electron chi connectivity index (χ1n) is 10.4. The van der Waals surface area contributed by atoms with E-state index in [1.807, 2.05) is 13.0 Å². The minimum absolute atomic E-state index is 0.0534. The van der Waals surface area contributed by atoms with Gasteiger partial charge in [-0.2, -0.15) is 0 Å². The largest absolute Gasteiger partial charge is 0.393 e. The molecule has 4 aliphatic rings. The van der Waals surface area contributed by atoms with Crippen LogP contribution in [0.3, 0.4) is 0 Å². The molecule has 0 heterocycles. The van der Waals surface area contributed by atoms with Gasteiger partial charge >= 0.3 is 0 Å². The molecule has 0 amide bonds. The fourth-order valence-corrected chi connectivity index (χ4v) is 7.71. The minimum Gasteiger partial charge on any atom is -0.393 e. The first-order valence-corrected chi connectivity index (χ1v) is 10.4. The lowest BCUT2D eigenvalue weighted by Gasteiger charge is -2.61. The molecule has 0 saturated heterocycles. The number of ketones is 2. The highest BCUT2D eigenvalue weighted by molar-refractivity contribution is 5.92. The van der Waals surface area contributed by atoms with E-state index in [4.69, 9.17) is 0 Å². The molecule has 0 unspecified atom stereocenters. The third kappa shape index (κ3) is 2.34. The second-order valence-corrected chi connectivity index (χ2v) is 10.1. The summed E-state index contributed by atoms with van der Waals surface area (Å²) in [7, 11) is 0. The number of Topliss-reactive ketones (excluding diaryl/α,β-unsaturated/α-hetero) is 1. The first-order chi connectivity index (χ1) is 12.6. The van der Waals surface area contributed by atoms with Crippen molar-refractivity contribution in [1.82, 2.24) is 0 Å². The van der Waals surface area contributed by atoms with E-state index >= 15 is 0 Å². The van der Waals surface area contributed by atoms with Gasteiger partial charge in [0, 0.05) is 11.8 Å². The summed E-state index contributed by atoms with van der Waals surface area (Å²) in [4.78, 5) is 24.5. The Kier molecular flexibility index (Phi) is 4.27. The zero-order chi connectivity index (χ0) is 19.8. The van der Waals surface area contributed by atoms with Crippen LogP contribution in [-0.4, -0.2) is 45.2 Å². The summed E-state index contributed by atoms with van der Waals surface area (Å²) < 4.78 is 0. The van der Waals surface area contributed by atoms with Crippen LogP contribution in [0.4, 0.5) is 0 Å². The molecule has 3 N–H and O–H groups in total. The van der Waals surface area contributed by atoms with Crippen LogP contribution in [0, 0.1) is 34.5 Å². The molecule has 0 aromatic carbocycles. The van der Waals surface area contributed by atoms with E-state index in [9.17, 15) is 24.9 Å². The highest BCUT2D eigenvalue weighted by Gasteiger charge is 2.68. The summed E-state index contributed by atoms with van der Waals surface area (Å²) in [6.45, 7) is 5.63. The molecule has 0 aliphatic heterocycles. The zero-order valence-electron chi connectivity index (χ0n) is 16.6. The fraction of sp³-hybridized carbons (Fsp3) is 0.818. The van der Waals surface area contributed by atoms with E-state index in [2.05, 4.69) is 13.8 Å². The highest BCUT2D eigenvalue weighted by Crippen LogP contribution is 2.68. The molecule has 0 aromatic rings. The van der Waals surface area contributed by atoms with Gasteiger partial charge in [-0.25, -0.2) is 0 Å². The Bertz CT molecular complexity index is 713. The number of allylic oxidation sites excluding steroid dienone is 1. The van der Waals surface area contributed by atoms with Crippen molar-refractivity contribution in [1.29, 1.82) is 0 Å². The average Bonchev–Trinajstić information content (AvgIpc) is 2.87. The van der Waals surface area contributed by atoms with Crippen LogP contribution in [0.1, 0.15) is 59.3 Å². The topological polar surface area (TPSA) is 94.8 Å². The molecule has 0 radical (unpaired) electrons. The van der Waals surface area contributed by atoms with E-state index in [0.29, 0.717) is 19.3 Å². The van der Waals surface area contributed by atoms with Crippen LogP contribution in [0.25, 0.3) is 0 Å². The summed E-state index contributed by atoms with van der Waals surface area (Å²) in [5.74, 6) is 0.341.